The van der Waals surface area contributed by atoms with E-state index in [0.29, 0.717) is 0 Å². The molecule has 156 valence electrons. The number of rotatable bonds is 6. The van der Waals surface area contributed by atoms with Gasteiger partial charge >= 0.3 is 5.97 Å². The van der Waals surface area contributed by atoms with Crippen molar-refractivity contribution in [2.45, 2.75) is 117 Å². The van der Waals surface area contributed by atoms with E-state index in [1.807, 2.05) is 0 Å². The summed E-state index contributed by atoms with van der Waals surface area (Å²) in [7, 11) is 0. The topological polar surface area (TPSA) is 26.3 Å². The molecule has 0 N–H and O–H groups in total. The first kappa shape index (κ1) is 21.2. The van der Waals surface area contributed by atoms with Gasteiger partial charge in [-0.3, -0.25) is 4.79 Å². The van der Waals surface area contributed by atoms with Crippen LogP contribution in [-0.4, -0.2) is 12.1 Å². The van der Waals surface area contributed by atoms with Gasteiger partial charge in [-0.2, -0.15) is 0 Å². The van der Waals surface area contributed by atoms with Crippen LogP contribution in [0.1, 0.15) is 111 Å². The maximum atomic E-state index is 12.7. The zero-order chi connectivity index (χ0) is 19.2. The first-order chi connectivity index (χ1) is 13.1. The van der Waals surface area contributed by atoms with Crippen LogP contribution in [0.15, 0.2) is 0 Å². The molecule has 3 aliphatic rings. The van der Waals surface area contributed by atoms with Crippen molar-refractivity contribution >= 4 is 5.97 Å². The fraction of sp³-hybridized carbons (Fsp3) is 0.960. The molecule has 2 heteroatoms. The first-order valence-corrected chi connectivity index (χ1v) is 12.3. The fourth-order valence-corrected chi connectivity index (χ4v) is 6.60. The lowest BCUT2D eigenvalue weighted by molar-refractivity contribution is -0.157. The summed E-state index contributed by atoms with van der Waals surface area (Å²) in [6, 6.07) is 0. The summed E-state index contributed by atoms with van der Waals surface area (Å²) in [4.78, 5) is 12.7. The Bertz CT molecular complexity index is 443. The van der Waals surface area contributed by atoms with E-state index < -0.39 is 0 Å². The van der Waals surface area contributed by atoms with Gasteiger partial charge in [-0.25, -0.2) is 0 Å². The first-order valence-electron chi connectivity index (χ1n) is 12.3. The van der Waals surface area contributed by atoms with Gasteiger partial charge in [0.2, 0.25) is 0 Å². The van der Waals surface area contributed by atoms with Crippen molar-refractivity contribution < 1.29 is 9.53 Å². The molecule has 0 amide bonds. The summed E-state index contributed by atoms with van der Waals surface area (Å²) in [5.41, 5.74) is 0. The van der Waals surface area contributed by atoms with E-state index in [9.17, 15) is 4.79 Å². The molecule has 3 saturated carbocycles. The molecule has 0 aromatic rings. The highest BCUT2D eigenvalue weighted by Gasteiger charge is 2.37. The van der Waals surface area contributed by atoms with Crippen LogP contribution in [0.25, 0.3) is 0 Å². The molecule has 3 fully saturated rings. The Balaban J connectivity index is 1.39. The van der Waals surface area contributed by atoms with Gasteiger partial charge in [-0.1, -0.05) is 46.5 Å². The molecule has 0 radical (unpaired) electrons. The van der Waals surface area contributed by atoms with Crippen LogP contribution in [-0.2, 0) is 9.53 Å². The van der Waals surface area contributed by atoms with Crippen molar-refractivity contribution in [1.82, 2.24) is 0 Å². The Hall–Kier alpha value is -0.530. The van der Waals surface area contributed by atoms with E-state index in [4.69, 9.17) is 4.74 Å². The van der Waals surface area contributed by atoms with Crippen molar-refractivity contribution in [3.8, 4) is 0 Å². The quantitative estimate of drug-likeness (QED) is 0.460. The summed E-state index contributed by atoms with van der Waals surface area (Å²) in [6.45, 7) is 7.11. The molecule has 0 aromatic carbocycles. The average Bonchev–Trinajstić information content (AvgIpc) is 2.69. The predicted octanol–water partition coefficient (Wildman–Crippen LogP) is 7.16. The smallest absolute Gasteiger partial charge is 0.309 e. The predicted molar refractivity (Wildman–Crippen MR) is 112 cm³/mol. The minimum atomic E-state index is 0.133. The van der Waals surface area contributed by atoms with Crippen molar-refractivity contribution in [3.63, 3.8) is 0 Å². The SMILES string of the molecule is CCCC1CCC([C@H]2CC[C@H](C(=O)O[C@H]3CC[C@H](CC)CC3)CC2)C(C)C1. The van der Waals surface area contributed by atoms with Crippen molar-refractivity contribution in [3.05, 3.63) is 0 Å². The molecular formula is C25H44O2. The molecular weight excluding hydrogens is 332 g/mol. The van der Waals surface area contributed by atoms with E-state index in [1.165, 1.54) is 64.2 Å². The highest BCUT2D eigenvalue weighted by atomic mass is 16.5. The third-order valence-electron chi connectivity index (χ3n) is 8.41. The molecule has 0 bridgehead atoms. The van der Waals surface area contributed by atoms with Crippen LogP contribution in [0.5, 0.6) is 0 Å². The monoisotopic (exact) mass is 376 g/mol. The van der Waals surface area contributed by atoms with Gasteiger partial charge in [-0.15, -0.1) is 0 Å². The number of hydrogen-bond donors (Lipinski definition) is 0. The summed E-state index contributed by atoms with van der Waals surface area (Å²) in [6.07, 6.45) is 18.0. The Morgan fingerprint density at radius 2 is 1.52 bits per heavy atom. The Kier molecular flexibility index (Phi) is 8.09. The highest BCUT2D eigenvalue weighted by molar-refractivity contribution is 5.72. The summed E-state index contributed by atoms with van der Waals surface area (Å²) in [5.74, 6) is 4.84. The molecule has 3 atom stereocenters. The second-order valence-electron chi connectivity index (χ2n) is 10.2. The summed E-state index contributed by atoms with van der Waals surface area (Å²) < 4.78 is 5.93. The number of carbonyl (C=O) groups is 1. The lowest BCUT2D eigenvalue weighted by Gasteiger charge is -2.41. The highest BCUT2D eigenvalue weighted by Crippen LogP contribution is 2.45. The van der Waals surface area contributed by atoms with Crippen LogP contribution in [0, 0.1) is 35.5 Å². The van der Waals surface area contributed by atoms with Crippen LogP contribution in [0.4, 0.5) is 0 Å². The second kappa shape index (κ2) is 10.3. The number of ether oxygens (including phenoxy) is 1. The van der Waals surface area contributed by atoms with Gasteiger partial charge in [0.15, 0.2) is 0 Å². The lowest BCUT2D eigenvalue weighted by atomic mass is 9.64. The molecule has 0 saturated heterocycles. The molecule has 3 aliphatic carbocycles. The van der Waals surface area contributed by atoms with Crippen LogP contribution in [0.3, 0.4) is 0 Å². The van der Waals surface area contributed by atoms with E-state index in [0.717, 1.165) is 55.3 Å². The molecule has 0 aliphatic heterocycles. The van der Waals surface area contributed by atoms with E-state index >= 15 is 0 Å². The van der Waals surface area contributed by atoms with Crippen LogP contribution < -0.4 is 0 Å². The Morgan fingerprint density at radius 3 is 2.11 bits per heavy atom. The second-order valence-corrected chi connectivity index (χ2v) is 10.2. The maximum Gasteiger partial charge on any atom is 0.309 e. The van der Waals surface area contributed by atoms with Crippen LogP contribution in [0.2, 0.25) is 0 Å². The minimum Gasteiger partial charge on any atom is -0.462 e. The Morgan fingerprint density at radius 1 is 0.852 bits per heavy atom. The molecule has 3 rings (SSSR count). The third-order valence-corrected chi connectivity index (χ3v) is 8.41. The standard InChI is InChI=1S/C25H44O2/c1-4-6-20-9-16-24(18(3)17-20)21-10-12-22(13-11-21)25(26)27-23-14-7-19(5-2)8-15-23/h18-24H,4-17H2,1-3H3/t18?,19-,20?,21-,22-,23-,24?. The third kappa shape index (κ3) is 5.73. The van der Waals surface area contributed by atoms with Gasteiger partial charge in [0.05, 0.1) is 5.92 Å². The molecule has 2 nitrogen and oxygen atoms in total. The van der Waals surface area contributed by atoms with E-state index in [2.05, 4.69) is 20.8 Å². The molecule has 0 heterocycles. The van der Waals surface area contributed by atoms with Crippen LogP contribution >= 0.6 is 0 Å². The van der Waals surface area contributed by atoms with Gasteiger partial charge in [-0.05, 0) is 93.8 Å². The molecule has 3 unspecified atom stereocenters. The normalized spacial score (nSPS) is 40.5. The zero-order valence-corrected chi connectivity index (χ0v) is 18.3. The molecule has 0 aromatic heterocycles. The molecule has 27 heavy (non-hydrogen) atoms. The fourth-order valence-electron chi connectivity index (χ4n) is 6.60. The van der Waals surface area contributed by atoms with E-state index in [-0.39, 0.29) is 18.0 Å². The number of esters is 1. The van der Waals surface area contributed by atoms with Gasteiger partial charge in [0, 0.05) is 0 Å². The summed E-state index contributed by atoms with van der Waals surface area (Å²) in [5, 5.41) is 0. The average molecular weight is 377 g/mol. The van der Waals surface area contributed by atoms with Crippen molar-refractivity contribution in [1.29, 1.82) is 0 Å². The lowest BCUT2D eigenvalue weighted by Crippen LogP contribution is -2.34. The van der Waals surface area contributed by atoms with Gasteiger partial charge < -0.3 is 4.74 Å². The number of carbonyl (C=O) groups excluding carboxylic acids is 1. The van der Waals surface area contributed by atoms with E-state index in [1.54, 1.807) is 0 Å². The molecule has 0 spiro atoms. The zero-order valence-electron chi connectivity index (χ0n) is 18.3. The minimum absolute atomic E-state index is 0.133. The number of hydrogen-bond acceptors (Lipinski definition) is 2. The van der Waals surface area contributed by atoms with Crippen molar-refractivity contribution in [2.75, 3.05) is 0 Å². The van der Waals surface area contributed by atoms with Gasteiger partial charge in [0.1, 0.15) is 6.10 Å². The van der Waals surface area contributed by atoms with Crippen molar-refractivity contribution in [2.24, 2.45) is 35.5 Å². The van der Waals surface area contributed by atoms with Gasteiger partial charge in [0.25, 0.3) is 0 Å². The maximum absolute atomic E-state index is 12.7. The Labute approximate surface area is 168 Å². The largest absolute Gasteiger partial charge is 0.462 e. The summed E-state index contributed by atoms with van der Waals surface area (Å²) >= 11 is 0.